The van der Waals surface area contributed by atoms with Gasteiger partial charge in [0.25, 0.3) is 0 Å². The number of benzene rings is 1. The molecule has 2 aliphatic heterocycles. The zero-order valence-corrected chi connectivity index (χ0v) is 10.2. The molecule has 4 rings (SSSR count). The summed E-state index contributed by atoms with van der Waals surface area (Å²) in [5.41, 5.74) is 1.04. The van der Waals surface area contributed by atoms with Crippen LogP contribution in [-0.4, -0.2) is 32.0 Å². The maximum absolute atomic E-state index is 6.04. The summed E-state index contributed by atoms with van der Waals surface area (Å²) in [5.74, 6) is 1.36. The number of hydrogen-bond acceptors (Lipinski definition) is 4. The molecule has 0 radical (unpaired) electrons. The van der Waals surface area contributed by atoms with Gasteiger partial charge in [-0.2, -0.15) is 0 Å². The van der Waals surface area contributed by atoms with Gasteiger partial charge in [-0.1, -0.05) is 12.1 Å². The number of fused-ring (bicyclic) bond motifs is 3. The van der Waals surface area contributed by atoms with E-state index in [1.807, 2.05) is 24.3 Å². The summed E-state index contributed by atoms with van der Waals surface area (Å²) in [6, 6.07) is 7.84. The predicted octanol–water partition coefficient (Wildman–Crippen LogP) is 1.90. The third-order valence-corrected chi connectivity index (χ3v) is 4.08. The highest BCUT2D eigenvalue weighted by molar-refractivity contribution is 5.28. The van der Waals surface area contributed by atoms with Gasteiger partial charge in [-0.05, 0) is 18.6 Å². The molecule has 1 saturated carbocycles. The van der Waals surface area contributed by atoms with Gasteiger partial charge >= 0.3 is 0 Å². The fourth-order valence-electron chi connectivity index (χ4n) is 3.02. The van der Waals surface area contributed by atoms with Crippen molar-refractivity contribution in [3.8, 4) is 5.75 Å². The average molecular weight is 248 g/mol. The summed E-state index contributed by atoms with van der Waals surface area (Å²) < 4.78 is 22.5. The van der Waals surface area contributed by atoms with Crippen LogP contribution in [0.2, 0.25) is 0 Å². The summed E-state index contributed by atoms with van der Waals surface area (Å²) in [4.78, 5) is 0. The highest BCUT2D eigenvalue weighted by Gasteiger charge is 2.58. The highest BCUT2D eigenvalue weighted by Crippen LogP contribution is 2.48. The summed E-state index contributed by atoms with van der Waals surface area (Å²) in [5, 5.41) is 0. The van der Waals surface area contributed by atoms with Crippen molar-refractivity contribution in [2.24, 2.45) is 5.92 Å². The number of rotatable bonds is 2. The molecule has 0 bridgehead atoms. The van der Waals surface area contributed by atoms with E-state index < -0.39 is 0 Å². The molecule has 5 atom stereocenters. The lowest BCUT2D eigenvalue weighted by Gasteiger charge is -2.33. The lowest BCUT2D eigenvalue weighted by molar-refractivity contribution is -0.243. The molecule has 0 amide bonds. The molecular formula is C14H16O4. The standard InChI is InChI=1S/C14H16O4/c1-15-10-4-2-8(3-5-10)14-16-7-9-6-11-13(17-11)12(9)18-14/h2-5,9,11-14H,6-7H2,1H3/t9-,11-,12+,13-,14?/m0/s1. The van der Waals surface area contributed by atoms with Crippen LogP contribution in [0.5, 0.6) is 5.75 Å². The molecule has 4 nitrogen and oxygen atoms in total. The second kappa shape index (κ2) is 3.95. The summed E-state index contributed by atoms with van der Waals surface area (Å²) in [7, 11) is 1.66. The van der Waals surface area contributed by atoms with E-state index in [4.69, 9.17) is 18.9 Å². The Morgan fingerprint density at radius 3 is 2.72 bits per heavy atom. The van der Waals surface area contributed by atoms with Gasteiger partial charge in [0.2, 0.25) is 0 Å². The molecule has 3 aliphatic rings. The van der Waals surface area contributed by atoms with E-state index in [-0.39, 0.29) is 12.4 Å². The number of hydrogen-bond donors (Lipinski definition) is 0. The van der Waals surface area contributed by atoms with Crippen LogP contribution in [0.1, 0.15) is 18.3 Å². The Bertz CT molecular complexity index is 444. The van der Waals surface area contributed by atoms with Crippen molar-refractivity contribution in [1.29, 1.82) is 0 Å². The largest absolute Gasteiger partial charge is 0.497 e. The lowest BCUT2D eigenvalue weighted by atomic mass is 10.0. The molecule has 3 fully saturated rings. The minimum absolute atomic E-state index is 0.218. The van der Waals surface area contributed by atoms with Crippen LogP contribution >= 0.6 is 0 Å². The van der Waals surface area contributed by atoms with Crippen LogP contribution in [0.3, 0.4) is 0 Å². The van der Waals surface area contributed by atoms with Gasteiger partial charge in [-0.15, -0.1) is 0 Å². The maximum atomic E-state index is 6.04. The van der Waals surface area contributed by atoms with Crippen molar-refractivity contribution in [2.75, 3.05) is 13.7 Å². The molecule has 0 N–H and O–H groups in total. The summed E-state index contributed by atoms with van der Waals surface area (Å²) in [6.45, 7) is 0.776. The van der Waals surface area contributed by atoms with Crippen molar-refractivity contribution in [3.05, 3.63) is 29.8 Å². The molecule has 0 spiro atoms. The van der Waals surface area contributed by atoms with E-state index in [2.05, 4.69) is 0 Å². The van der Waals surface area contributed by atoms with Crippen molar-refractivity contribution in [1.82, 2.24) is 0 Å². The van der Waals surface area contributed by atoms with Crippen LogP contribution in [0, 0.1) is 5.92 Å². The number of epoxide rings is 1. The van der Waals surface area contributed by atoms with Crippen molar-refractivity contribution < 1.29 is 18.9 Å². The van der Waals surface area contributed by atoms with Crippen LogP contribution < -0.4 is 4.74 Å². The first-order chi connectivity index (χ1) is 8.85. The van der Waals surface area contributed by atoms with E-state index in [0.717, 1.165) is 24.3 Å². The monoisotopic (exact) mass is 248 g/mol. The molecular weight excluding hydrogens is 232 g/mol. The summed E-state index contributed by atoms with van der Waals surface area (Å²) in [6.07, 6.45) is 1.79. The first kappa shape index (κ1) is 10.8. The fourth-order valence-corrected chi connectivity index (χ4v) is 3.02. The molecule has 0 aromatic heterocycles. The van der Waals surface area contributed by atoms with Gasteiger partial charge in [0.15, 0.2) is 6.29 Å². The predicted molar refractivity (Wildman–Crippen MR) is 63.3 cm³/mol. The van der Waals surface area contributed by atoms with E-state index in [1.165, 1.54) is 0 Å². The van der Waals surface area contributed by atoms with Gasteiger partial charge in [0.1, 0.15) is 11.9 Å². The van der Waals surface area contributed by atoms with Gasteiger partial charge in [0.05, 0.1) is 25.9 Å². The van der Waals surface area contributed by atoms with Gasteiger partial charge < -0.3 is 18.9 Å². The first-order valence-electron chi connectivity index (χ1n) is 6.41. The Kier molecular flexibility index (Phi) is 2.37. The van der Waals surface area contributed by atoms with Crippen molar-refractivity contribution in [3.63, 3.8) is 0 Å². The minimum Gasteiger partial charge on any atom is -0.497 e. The zero-order valence-electron chi connectivity index (χ0n) is 10.2. The second-order valence-corrected chi connectivity index (χ2v) is 5.17. The van der Waals surface area contributed by atoms with Gasteiger partial charge in [0, 0.05) is 11.5 Å². The van der Waals surface area contributed by atoms with Gasteiger partial charge in [-0.25, -0.2) is 0 Å². The smallest absolute Gasteiger partial charge is 0.184 e. The van der Waals surface area contributed by atoms with Crippen LogP contribution in [-0.2, 0) is 14.2 Å². The molecule has 2 heterocycles. The molecule has 2 saturated heterocycles. The zero-order chi connectivity index (χ0) is 12.1. The fraction of sp³-hybridized carbons (Fsp3) is 0.571. The lowest BCUT2D eigenvalue weighted by Crippen LogP contribution is -2.36. The molecule has 1 aromatic rings. The first-order valence-corrected chi connectivity index (χ1v) is 6.41. The van der Waals surface area contributed by atoms with Crippen LogP contribution in [0.15, 0.2) is 24.3 Å². The van der Waals surface area contributed by atoms with E-state index in [1.54, 1.807) is 7.11 Å². The molecule has 4 heteroatoms. The maximum Gasteiger partial charge on any atom is 0.184 e. The highest BCUT2D eigenvalue weighted by atomic mass is 16.7. The van der Waals surface area contributed by atoms with Crippen LogP contribution in [0.25, 0.3) is 0 Å². The van der Waals surface area contributed by atoms with E-state index >= 15 is 0 Å². The molecule has 18 heavy (non-hydrogen) atoms. The van der Waals surface area contributed by atoms with Crippen molar-refractivity contribution >= 4 is 0 Å². The molecule has 1 aromatic carbocycles. The van der Waals surface area contributed by atoms with Crippen LogP contribution in [0.4, 0.5) is 0 Å². The van der Waals surface area contributed by atoms with Gasteiger partial charge in [-0.3, -0.25) is 0 Å². The molecule has 1 aliphatic carbocycles. The van der Waals surface area contributed by atoms with E-state index in [9.17, 15) is 0 Å². The minimum atomic E-state index is -0.264. The SMILES string of the molecule is COc1ccc(C2OC[C@@H]3C[C@@H]4O[C@@H]4[C@@H]3O2)cc1. The number of ether oxygens (including phenoxy) is 4. The molecule has 96 valence electrons. The normalized spacial score (nSPS) is 41.1. The average Bonchev–Trinajstić information content (AvgIpc) is 3.11. The Morgan fingerprint density at radius 2 is 1.94 bits per heavy atom. The third-order valence-electron chi connectivity index (χ3n) is 4.08. The molecule has 1 unspecified atom stereocenters. The Labute approximate surface area is 106 Å². The topological polar surface area (TPSA) is 40.2 Å². The third kappa shape index (κ3) is 1.64. The Morgan fingerprint density at radius 1 is 1.11 bits per heavy atom. The quantitative estimate of drug-likeness (QED) is 0.749. The number of methoxy groups -OCH3 is 1. The Balaban J connectivity index is 1.51. The summed E-state index contributed by atoms with van der Waals surface area (Å²) >= 11 is 0. The van der Waals surface area contributed by atoms with E-state index in [0.29, 0.717) is 18.1 Å². The van der Waals surface area contributed by atoms with Crippen molar-refractivity contribution in [2.45, 2.75) is 31.0 Å². The second-order valence-electron chi connectivity index (χ2n) is 5.17. The Hall–Kier alpha value is -1.10.